The van der Waals surface area contributed by atoms with Crippen LogP contribution in [0, 0.1) is 0 Å². The molecule has 2 heteroatoms. The topological polar surface area (TPSA) is 38.0 Å². The highest BCUT2D eigenvalue weighted by Gasteiger charge is 1.94. The zero-order chi connectivity index (χ0) is 8.65. The van der Waals surface area contributed by atoms with Gasteiger partial charge in [-0.1, -0.05) is 36.0 Å². The van der Waals surface area contributed by atoms with Gasteiger partial charge in [0.15, 0.2) is 0 Å². The van der Waals surface area contributed by atoms with Crippen LogP contribution in [0.25, 0.3) is 0 Å². The first-order chi connectivity index (χ1) is 5.93. The summed E-state index contributed by atoms with van der Waals surface area (Å²) in [6, 6.07) is 0. The van der Waals surface area contributed by atoms with Crippen molar-refractivity contribution in [3.63, 3.8) is 0 Å². The average molecular weight is 164 g/mol. The zero-order valence-corrected chi connectivity index (χ0v) is 7.29. The van der Waals surface area contributed by atoms with Gasteiger partial charge >= 0.3 is 0 Å². The third-order valence-electron chi connectivity index (χ3n) is 1.74. The smallest absolute Gasteiger partial charge is 0.0171 e. The Hall–Kier alpha value is -0.860. The summed E-state index contributed by atoms with van der Waals surface area (Å²) in [5, 5.41) is 3.27. The Morgan fingerprint density at radius 3 is 3.08 bits per heavy atom. The lowest BCUT2D eigenvalue weighted by molar-refractivity contribution is 0.729. The predicted molar refractivity (Wildman–Crippen MR) is 52.9 cm³/mol. The molecule has 0 amide bonds. The van der Waals surface area contributed by atoms with Crippen molar-refractivity contribution in [2.75, 3.05) is 19.6 Å². The summed E-state index contributed by atoms with van der Waals surface area (Å²) in [5.74, 6) is 0. The molecule has 0 unspecified atom stereocenters. The molecule has 0 bridgehead atoms. The second kappa shape index (κ2) is 5.75. The minimum atomic E-state index is 0.707. The maximum Gasteiger partial charge on any atom is 0.0171 e. The van der Waals surface area contributed by atoms with Gasteiger partial charge in [-0.25, -0.2) is 0 Å². The normalized spacial score (nSPS) is 15.9. The van der Waals surface area contributed by atoms with E-state index in [2.05, 4.69) is 35.7 Å². The molecule has 0 saturated carbocycles. The van der Waals surface area contributed by atoms with Crippen LogP contribution >= 0.6 is 0 Å². The Labute approximate surface area is 73.8 Å². The summed E-state index contributed by atoms with van der Waals surface area (Å²) in [6.07, 6.45) is 11.6. The van der Waals surface area contributed by atoms with E-state index in [0.29, 0.717) is 6.54 Å². The van der Waals surface area contributed by atoms with E-state index >= 15 is 0 Å². The van der Waals surface area contributed by atoms with Gasteiger partial charge in [0.1, 0.15) is 0 Å². The fraction of sp³-hybridized carbons (Fsp3) is 0.400. The molecule has 12 heavy (non-hydrogen) atoms. The number of hydrogen-bond donors (Lipinski definition) is 2. The fourth-order valence-corrected chi connectivity index (χ4v) is 1.10. The van der Waals surface area contributed by atoms with Gasteiger partial charge < -0.3 is 11.1 Å². The van der Waals surface area contributed by atoms with Crippen LogP contribution in [0.15, 0.2) is 36.0 Å². The van der Waals surface area contributed by atoms with Gasteiger partial charge in [-0.15, -0.1) is 0 Å². The molecule has 0 saturated heterocycles. The Balaban J connectivity index is 2.26. The van der Waals surface area contributed by atoms with Crippen LogP contribution in [0.1, 0.15) is 6.42 Å². The Kier molecular flexibility index (Phi) is 4.42. The van der Waals surface area contributed by atoms with Crippen LogP contribution in [-0.2, 0) is 0 Å². The highest BCUT2D eigenvalue weighted by atomic mass is 14.9. The molecule has 1 rings (SSSR count). The van der Waals surface area contributed by atoms with E-state index in [9.17, 15) is 0 Å². The fourth-order valence-electron chi connectivity index (χ4n) is 1.10. The molecule has 3 N–H and O–H groups in total. The predicted octanol–water partition coefficient (Wildman–Crippen LogP) is 0.977. The highest BCUT2D eigenvalue weighted by molar-refractivity contribution is 5.23. The third-order valence-corrected chi connectivity index (χ3v) is 1.74. The van der Waals surface area contributed by atoms with E-state index < -0.39 is 0 Å². The van der Waals surface area contributed by atoms with Gasteiger partial charge in [0.05, 0.1) is 0 Å². The molecule has 0 aromatic heterocycles. The van der Waals surface area contributed by atoms with Crippen molar-refractivity contribution in [3.05, 3.63) is 36.0 Å². The number of rotatable bonds is 4. The summed E-state index contributed by atoms with van der Waals surface area (Å²) in [6.45, 7) is 2.55. The Morgan fingerprint density at radius 2 is 2.25 bits per heavy atom. The number of allylic oxidation sites excluding steroid dienone is 5. The standard InChI is InChI=1S/C10H16N2/c11-7-8-12-9-10-5-3-1-2-4-6-10/h1-5,12H,6-9,11H2. The van der Waals surface area contributed by atoms with Crippen LogP contribution in [0.2, 0.25) is 0 Å². The lowest BCUT2D eigenvalue weighted by Gasteiger charge is -2.04. The summed E-state index contributed by atoms with van der Waals surface area (Å²) < 4.78 is 0. The van der Waals surface area contributed by atoms with E-state index in [1.54, 1.807) is 0 Å². The molecular weight excluding hydrogens is 148 g/mol. The SMILES string of the molecule is NCCNCC1=CC=CC=CC1. The van der Waals surface area contributed by atoms with Crippen LogP contribution in [0.4, 0.5) is 0 Å². The van der Waals surface area contributed by atoms with Gasteiger partial charge in [0.25, 0.3) is 0 Å². The summed E-state index contributed by atoms with van der Waals surface area (Å²) in [7, 11) is 0. The van der Waals surface area contributed by atoms with E-state index in [4.69, 9.17) is 5.73 Å². The summed E-state index contributed by atoms with van der Waals surface area (Å²) in [4.78, 5) is 0. The number of nitrogens with two attached hydrogens (primary N) is 1. The molecule has 0 aromatic rings. The van der Waals surface area contributed by atoms with Crippen molar-refractivity contribution in [1.82, 2.24) is 5.32 Å². The molecule has 0 aliphatic heterocycles. The molecule has 0 atom stereocenters. The molecule has 1 aliphatic rings. The maximum absolute atomic E-state index is 5.37. The first kappa shape index (κ1) is 9.23. The molecular formula is C10H16N2. The van der Waals surface area contributed by atoms with Crippen molar-refractivity contribution in [2.45, 2.75) is 6.42 Å². The van der Waals surface area contributed by atoms with Crippen LogP contribution in [0.3, 0.4) is 0 Å². The van der Waals surface area contributed by atoms with E-state index in [-0.39, 0.29) is 0 Å². The second-order valence-electron chi connectivity index (χ2n) is 2.81. The minimum absolute atomic E-state index is 0.707. The number of hydrogen-bond acceptors (Lipinski definition) is 2. The van der Waals surface area contributed by atoms with Crippen LogP contribution in [0.5, 0.6) is 0 Å². The van der Waals surface area contributed by atoms with Crippen LogP contribution in [-0.4, -0.2) is 19.6 Å². The van der Waals surface area contributed by atoms with Crippen molar-refractivity contribution in [1.29, 1.82) is 0 Å². The lowest BCUT2D eigenvalue weighted by Crippen LogP contribution is -2.24. The zero-order valence-electron chi connectivity index (χ0n) is 7.29. The Morgan fingerprint density at radius 1 is 1.33 bits per heavy atom. The first-order valence-electron chi connectivity index (χ1n) is 4.35. The first-order valence-corrected chi connectivity index (χ1v) is 4.35. The second-order valence-corrected chi connectivity index (χ2v) is 2.81. The van der Waals surface area contributed by atoms with Gasteiger partial charge in [-0.05, 0) is 6.42 Å². The molecule has 0 heterocycles. The molecule has 0 fully saturated rings. The highest BCUT2D eigenvalue weighted by Crippen LogP contribution is 2.04. The monoisotopic (exact) mass is 164 g/mol. The van der Waals surface area contributed by atoms with Crippen molar-refractivity contribution >= 4 is 0 Å². The van der Waals surface area contributed by atoms with Crippen molar-refractivity contribution in [3.8, 4) is 0 Å². The average Bonchev–Trinajstić information content (AvgIpc) is 2.33. The van der Waals surface area contributed by atoms with Gasteiger partial charge in [0.2, 0.25) is 0 Å². The maximum atomic E-state index is 5.37. The molecule has 0 radical (unpaired) electrons. The number of nitrogens with one attached hydrogen (secondary N) is 1. The molecule has 0 spiro atoms. The van der Waals surface area contributed by atoms with Crippen molar-refractivity contribution in [2.24, 2.45) is 5.73 Å². The molecule has 1 aliphatic carbocycles. The molecule has 66 valence electrons. The summed E-state index contributed by atoms with van der Waals surface area (Å²) >= 11 is 0. The van der Waals surface area contributed by atoms with Crippen molar-refractivity contribution < 1.29 is 0 Å². The van der Waals surface area contributed by atoms with E-state index in [0.717, 1.165) is 19.5 Å². The van der Waals surface area contributed by atoms with Gasteiger partial charge in [-0.2, -0.15) is 0 Å². The minimum Gasteiger partial charge on any atom is -0.329 e. The third kappa shape index (κ3) is 3.51. The summed E-state index contributed by atoms with van der Waals surface area (Å²) in [5.41, 5.74) is 6.78. The van der Waals surface area contributed by atoms with E-state index in [1.807, 2.05) is 0 Å². The van der Waals surface area contributed by atoms with E-state index in [1.165, 1.54) is 5.57 Å². The molecule has 2 nitrogen and oxygen atoms in total. The quantitative estimate of drug-likeness (QED) is 0.608. The van der Waals surface area contributed by atoms with Gasteiger partial charge in [0, 0.05) is 19.6 Å². The van der Waals surface area contributed by atoms with Crippen LogP contribution < -0.4 is 11.1 Å². The Bertz CT molecular complexity index is 202. The van der Waals surface area contributed by atoms with Gasteiger partial charge in [-0.3, -0.25) is 0 Å². The lowest BCUT2D eigenvalue weighted by atomic mass is 10.2. The largest absolute Gasteiger partial charge is 0.329 e. The molecule has 0 aromatic carbocycles.